The summed E-state index contributed by atoms with van der Waals surface area (Å²) in [5.74, 6) is 0.796. The number of likely N-dealkylation sites (tertiary alicyclic amines) is 1. The minimum Gasteiger partial charge on any atom is -0.354 e. The monoisotopic (exact) mass is 324 g/mol. The van der Waals surface area contributed by atoms with Crippen molar-refractivity contribution in [2.24, 2.45) is 11.3 Å². The zero-order valence-corrected chi connectivity index (χ0v) is 15.2. The maximum Gasteiger partial charge on any atom is 0.223 e. The number of nitrogens with zero attached hydrogens (tertiary/aromatic N) is 1. The van der Waals surface area contributed by atoms with Crippen LogP contribution in [0.25, 0.3) is 0 Å². The lowest BCUT2D eigenvalue weighted by Crippen LogP contribution is -2.44. The summed E-state index contributed by atoms with van der Waals surface area (Å²) in [6, 6.07) is 0.247. The van der Waals surface area contributed by atoms with Crippen molar-refractivity contribution in [1.82, 2.24) is 10.2 Å². The van der Waals surface area contributed by atoms with E-state index in [9.17, 15) is 9.59 Å². The van der Waals surface area contributed by atoms with E-state index in [4.69, 9.17) is 0 Å². The van der Waals surface area contributed by atoms with E-state index in [-0.39, 0.29) is 19.3 Å². The molecular weight excluding hydrogens is 288 g/mol. The summed E-state index contributed by atoms with van der Waals surface area (Å²) in [6.45, 7) is 9.14. The molecule has 0 aromatic rings. The highest BCUT2D eigenvalue weighted by Crippen LogP contribution is 2.46. The smallest absolute Gasteiger partial charge is 0.223 e. The van der Waals surface area contributed by atoms with Crippen LogP contribution in [0.3, 0.4) is 0 Å². The Bertz CT molecular complexity index is 408. The Labute approximate surface area is 142 Å². The molecule has 0 unspecified atom stereocenters. The summed E-state index contributed by atoms with van der Waals surface area (Å²) in [5, 5.41) is 3.07. The number of carbonyl (C=O) groups excluding carboxylic acids is 2. The Kier molecular flexibility index (Phi) is 6.63. The van der Waals surface area contributed by atoms with Crippen LogP contribution in [0, 0.1) is 11.3 Å². The van der Waals surface area contributed by atoms with E-state index in [1.807, 2.05) is 13.8 Å². The highest BCUT2D eigenvalue weighted by molar-refractivity contribution is 5.79. The second kappa shape index (κ2) is 8.27. The standard InChI is InChI=1S/C19H34N2O2.H2/c1-15(2)20-18(23)17-6-8-19(9-7-17)10-13-21(14-11-19)12-4-5-16(3)22;/h15,17H,4-14H2,1-3H3,(H,20,23);1H. The number of ketones is 1. The van der Waals surface area contributed by atoms with Gasteiger partial charge in [0.15, 0.2) is 0 Å². The lowest BCUT2D eigenvalue weighted by Gasteiger charge is -2.45. The van der Waals surface area contributed by atoms with E-state index >= 15 is 0 Å². The fourth-order valence-corrected chi connectivity index (χ4v) is 4.20. The second-order valence-corrected chi connectivity index (χ2v) is 8.08. The van der Waals surface area contributed by atoms with Gasteiger partial charge in [0.25, 0.3) is 0 Å². The number of piperidine rings is 1. The zero-order chi connectivity index (χ0) is 16.9. The van der Waals surface area contributed by atoms with Gasteiger partial charge in [0.1, 0.15) is 5.78 Å². The minimum atomic E-state index is 0. The van der Waals surface area contributed by atoms with Crippen molar-refractivity contribution in [2.75, 3.05) is 19.6 Å². The lowest BCUT2D eigenvalue weighted by molar-refractivity contribution is -0.127. The first-order chi connectivity index (χ1) is 10.9. The van der Waals surface area contributed by atoms with Gasteiger partial charge >= 0.3 is 0 Å². The van der Waals surface area contributed by atoms with Crippen molar-refractivity contribution in [3.8, 4) is 0 Å². The van der Waals surface area contributed by atoms with Crippen LogP contribution in [-0.2, 0) is 9.59 Å². The Morgan fingerprint density at radius 3 is 2.30 bits per heavy atom. The highest BCUT2D eigenvalue weighted by Gasteiger charge is 2.39. The van der Waals surface area contributed by atoms with Gasteiger partial charge in [0, 0.05) is 19.8 Å². The molecular formula is C19H36N2O2. The van der Waals surface area contributed by atoms with Crippen molar-refractivity contribution in [3.63, 3.8) is 0 Å². The van der Waals surface area contributed by atoms with Crippen molar-refractivity contribution in [2.45, 2.75) is 78.2 Å². The highest BCUT2D eigenvalue weighted by atomic mass is 16.2. The van der Waals surface area contributed by atoms with Crippen LogP contribution >= 0.6 is 0 Å². The SMILES string of the molecule is CC(=O)CCCN1CCC2(CCC(C(=O)NC(C)C)CC2)CC1.[HH]. The van der Waals surface area contributed by atoms with Gasteiger partial charge in [-0.1, -0.05) is 0 Å². The molecule has 0 radical (unpaired) electrons. The van der Waals surface area contributed by atoms with E-state index in [2.05, 4.69) is 10.2 Å². The molecule has 0 aromatic carbocycles. The van der Waals surface area contributed by atoms with Crippen molar-refractivity contribution in [3.05, 3.63) is 0 Å². The second-order valence-electron chi connectivity index (χ2n) is 8.08. The number of hydrogen-bond acceptors (Lipinski definition) is 3. The molecule has 0 aromatic heterocycles. The Morgan fingerprint density at radius 1 is 1.17 bits per heavy atom. The molecule has 0 bridgehead atoms. The van der Waals surface area contributed by atoms with Gasteiger partial charge in [-0.25, -0.2) is 0 Å². The van der Waals surface area contributed by atoms with Gasteiger partial charge in [-0.05, 0) is 90.8 Å². The fraction of sp³-hybridized carbons (Fsp3) is 0.895. The van der Waals surface area contributed by atoms with Crippen LogP contribution in [0.15, 0.2) is 0 Å². The predicted octanol–water partition coefficient (Wildman–Crippen LogP) is 3.40. The van der Waals surface area contributed by atoms with Crippen molar-refractivity contribution < 1.29 is 11.0 Å². The maximum absolute atomic E-state index is 12.2. The molecule has 1 saturated carbocycles. The van der Waals surface area contributed by atoms with Crippen molar-refractivity contribution >= 4 is 11.7 Å². The number of rotatable bonds is 6. The first kappa shape index (κ1) is 18.4. The largest absolute Gasteiger partial charge is 0.354 e. The van der Waals surface area contributed by atoms with Gasteiger partial charge in [0.2, 0.25) is 5.91 Å². The van der Waals surface area contributed by atoms with E-state index in [1.54, 1.807) is 6.92 Å². The Balaban J connectivity index is 0.00000288. The van der Waals surface area contributed by atoms with E-state index < -0.39 is 0 Å². The van der Waals surface area contributed by atoms with Gasteiger partial charge in [-0.2, -0.15) is 0 Å². The van der Waals surface area contributed by atoms with Gasteiger partial charge in [-0.3, -0.25) is 4.79 Å². The normalized spacial score (nSPS) is 22.4. The summed E-state index contributed by atoms with van der Waals surface area (Å²) in [5.41, 5.74) is 0.492. The molecule has 1 amide bonds. The summed E-state index contributed by atoms with van der Waals surface area (Å²) < 4.78 is 0. The van der Waals surface area contributed by atoms with Gasteiger partial charge in [-0.15, -0.1) is 0 Å². The summed E-state index contributed by atoms with van der Waals surface area (Å²) in [6.07, 6.45) is 8.80. The molecule has 23 heavy (non-hydrogen) atoms. The molecule has 134 valence electrons. The molecule has 2 aliphatic rings. The van der Waals surface area contributed by atoms with Crippen LogP contribution in [-0.4, -0.2) is 42.3 Å². The molecule has 2 rings (SSSR count). The predicted molar refractivity (Wildman–Crippen MR) is 95.4 cm³/mol. The fourth-order valence-electron chi connectivity index (χ4n) is 4.20. The third-order valence-corrected chi connectivity index (χ3v) is 5.77. The van der Waals surface area contributed by atoms with Crippen LogP contribution in [0.1, 0.15) is 73.6 Å². The Morgan fingerprint density at radius 2 is 1.78 bits per heavy atom. The van der Waals surface area contributed by atoms with Crippen LogP contribution in [0.5, 0.6) is 0 Å². The number of nitrogens with one attached hydrogen (secondary N) is 1. The number of Topliss-reactive ketones (excluding diaryl/α,β-unsaturated/α-hetero) is 1. The maximum atomic E-state index is 12.2. The summed E-state index contributed by atoms with van der Waals surface area (Å²) in [7, 11) is 0. The topological polar surface area (TPSA) is 49.4 Å². The molecule has 1 spiro atoms. The average molecular weight is 325 g/mol. The third-order valence-electron chi connectivity index (χ3n) is 5.77. The first-order valence-corrected chi connectivity index (χ1v) is 9.42. The quantitative estimate of drug-likeness (QED) is 0.814. The molecule has 1 aliphatic heterocycles. The van der Waals surface area contributed by atoms with Crippen LogP contribution in [0.2, 0.25) is 0 Å². The molecule has 4 nitrogen and oxygen atoms in total. The molecule has 1 N–H and O–H groups in total. The number of hydrogen-bond donors (Lipinski definition) is 1. The van der Waals surface area contributed by atoms with E-state index in [0.29, 0.717) is 17.6 Å². The van der Waals surface area contributed by atoms with Crippen LogP contribution in [0.4, 0.5) is 0 Å². The lowest BCUT2D eigenvalue weighted by atomic mass is 9.65. The average Bonchev–Trinajstić information content (AvgIpc) is 2.49. The molecule has 1 heterocycles. The van der Waals surface area contributed by atoms with E-state index in [0.717, 1.165) is 25.8 Å². The molecule has 2 fully saturated rings. The Hall–Kier alpha value is -0.900. The molecule has 1 saturated heterocycles. The molecule has 4 heteroatoms. The van der Waals surface area contributed by atoms with Crippen LogP contribution < -0.4 is 5.32 Å². The third kappa shape index (κ3) is 5.59. The van der Waals surface area contributed by atoms with E-state index in [1.165, 1.54) is 38.8 Å². The number of carbonyl (C=O) groups is 2. The minimum absolute atomic E-state index is 0. The van der Waals surface area contributed by atoms with Gasteiger partial charge < -0.3 is 15.0 Å². The van der Waals surface area contributed by atoms with Crippen molar-refractivity contribution in [1.29, 1.82) is 0 Å². The summed E-state index contributed by atoms with van der Waals surface area (Å²) >= 11 is 0. The van der Waals surface area contributed by atoms with Gasteiger partial charge in [0.05, 0.1) is 0 Å². The molecule has 0 atom stereocenters. The first-order valence-electron chi connectivity index (χ1n) is 9.42. The number of amides is 1. The summed E-state index contributed by atoms with van der Waals surface area (Å²) in [4.78, 5) is 25.7. The molecule has 1 aliphatic carbocycles. The zero-order valence-electron chi connectivity index (χ0n) is 15.2.